The summed E-state index contributed by atoms with van der Waals surface area (Å²) in [5.41, 5.74) is 10.1. The summed E-state index contributed by atoms with van der Waals surface area (Å²) in [5.74, 6) is 0. The van der Waals surface area contributed by atoms with Gasteiger partial charge in [-0.3, -0.25) is 0 Å². The van der Waals surface area contributed by atoms with E-state index in [4.69, 9.17) is 5.73 Å². The number of rotatable bonds is 4. The van der Waals surface area contributed by atoms with Crippen molar-refractivity contribution in [1.82, 2.24) is 0 Å². The van der Waals surface area contributed by atoms with Crippen LogP contribution < -0.4 is 10.6 Å². The lowest BCUT2D eigenvalue weighted by Crippen LogP contribution is -2.22. The molecule has 0 saturated heterocycles. The molecular formula is C13H20N2. The summed E-state index contributed by atoms with van der Waals surface area (Å²) in [4.78, 5) is 2.51. The zero-order valence-electron chi connectivity index (χ0n) is 9.50. The van der Waals surface area contributed by atoms with Crippen molar-refractivity contribution in [2.45, 2.75) is 26.2 Å². The Morgan fingerprint density at radius 3 is 3.00 bits per heavy atom. The summed E-state index contributed by atoms with van der Waals surface area (Å²) in [6.45, 7) is 5.35. The van der Waals surface area contributed by atoms with Crippen LogP contribution in [0.2, 0.25) is 0 Å². The van der Waals surface area contributed by atoms with E-state index in [1.165, 1.54) is 42.7 Å². The highest BCUT2D eigenvalue weighted by atomic mass is 15.1. The molecule has 0 aromatic heterocycles. The van der Waals surface area contributed by atoms with Crippen LogP contribution in [0.4, 0.5) is 5.69 Å². The molecule has 0 unspecified atom stereocenters. The molecular weight excluding hydrogens is 184 g/mol. The number of hydrogen-bond acceptors (Lipinski definition) is 2. The van der Waals surface area contributed by atoms with E-state index in [1.807, 2.05) is 0 Å². The molecule has 0 atom stereocenters. The molecule has 0 fully saturated rings. The van der Waals surface area contributed by atoms with Gasteiger partial charge in [-0.1, -0.05) is 25.1 Å². The van der Waals surface area contributed by atoms with Crippen LogP contribution in [0.15, 0.2) is 18.2 Å². The SMILES string of the molecule is CCCN1CCc2cccc(CCN)c21. The lowest BCUT2D eigenvalue weighted by atomic mass is 10.0. The van der Waals surface area contributed by atoms with Crippen molar-refractivity contribution in [3.05, 3.63) is 29.3 Å². The molecule has 1 aliphatic heterocycles. The highest BCUT2D eigenvalue weighted by Gasteiger charge is 2.20. The first kappa shape index (κ1) is 10.5. The van der Waals surface area contributed by atoms with E-state index in [9.17, 15) is 0 Å². The second-order valence-electron chi connectivity index (χ2n) is 4.20. The van der Waals surface area contributed by atoms with Crippen molar-refractivity contribution in [2.24, 2.45) is 5.73 Å². The monoisotopic (exact) mass is 204 g/mol. The van der Waals surface area contributed by atoms with Gasteiger partial charge in [-0.25, -0.2) is 0 Å². The zero-order valence-corrected chi connectivity index (χ0v) is 9.50. The number of anilines is 1. The van der Waals surface area contributed by atoms with Crippen LogP contribution in [0, 0.1) is 0 Å². The van der Waals surface area contributed by atoms with E-state index >= 15 is 0 Å². The molecule has 0 amide bonds. The molecule has 0 aliphatic carbocycles. The Bertz CT molecular complexity index is 331. The molecule has 0 bridgehead atoms. The first-order valence-electron chi connectivity index (χ1n) is 5.92. The topological polar surface area (TPSA) is 29.3 Å². The van der Waals surface area contributed by atoms with Crippen molar-refractivity contribution in [3.8, 4) is 0 Å². The largest absolute Gasteiger partial charge is 0.371 e. The summed E-state index contributed by atoms with van der Waals surface area (Å²) < 4.78 is 0. The summed E-state index contributed by atoms with van der Waals surface area (Å²) in [7, 11) is 0. The summed E-state index contributed by atoms with van der Waals surface area (Å²) in [5, 5.41) is 0. The standard InChI is InChI=1S/C13H20N2/c1-2-9-15-10-7-12-5-3-4-11(6-8-14)13(12)15/h3-5H,2,6-10,14H2,1H3. The number of fused-ring (bicyclic) bond motifs is 1. The average molecular weight is 204 g/mol. The molecule has 2 rings (SSSR count). The second kappa shape index (κ2) is 4.67. The van der Waals surface area contributed by atoms with Gasteiger partial charge < -0.3 is 10.6 Å². The van der Waals surface area contributed by atoms with E-state index in [0.717, 1.165) is 13.0 Å². The Morgan fingerprint density at radius 2 is 2.27 bits per heavy atom. The highest BCUT2D eigenvalue weighted by Crippen LogP contribution is 2.31. The number of hydrogen-bond donors (Lipinski definition) is 1. The highest BCUT2D eigenvalue weighted by molar-refractivity contribution is 5.63. The minimum atomic E-state index is 0.746. The van der Waals surface area contributed by atoms with Gasteiger partial charge in [0.15, 0.2) is 0 Å². The molecule has 82 valence electrons. The summed E-state index contributed by atoms with van der Waals surface area (Å²) in [6.07, 6.45) is 3.42. The number of nitrogens with zero attached hydrogens (tertiary/aromatic N) is 1. The molecule has 1 aromatic carbocycles. The van der Waals surface area contributed by atoms with E-state index in [0.29, 0.717) is 0 Å². The molecule has 0 radical (unpaired) electrons. The fourth-order valence-corrected chi connectivity index (χ4v) is 2.47. The number of para-hydroxylation sites is 1. The summed E-state index contributed by atoms with van der Waals surface area (Å²) in [6, 6.07) is 6.64. The normalized spacial score (nSPS) is 14.4. The van der Waals surface area contributed by atoms with Gasteiger partial charge in [-0.15, -0.1) is 0 Å². The Labute approximate surface area is 92.1 Å². The van der Waals surface area contributed by atoms with E-state index in [2.05, 4.69) is 30.0 Å². The van der Waals surface area contributed by atoms with E-state index < -0.39 is 0 Å². The predicted molar refractivity (Wildman–Crippen MR) is 65.4 cm³/mol. The third-order valence-corrected chi connectivity index (χ3v) is 3.08. The predicted octanol–water partition coefficient (Wildman–Crippen LogP) is 1.96. The van der Waals surface area contributed by atoms with Crippen LogP contribution in [0.1, 0.15) is 24.5 Å². The van der Waals surface area contributed by atoms with Crippen LogP contribution in [0.5, 0.6) is 0 Å². The van der Waals surface area contributed by atoms with Crippen molar-refractivity contribution < 1.29 is 0 Å². The Balaban J connectivity index is 2.30. The lowest BCUT2D eigenvalue weighted by molar-refractivity contribution is 0.791. The maximum Gasteiger partial charge on any atom is 0.0432 e. The van der Waals surface area contributed by atoms with Gasteiger partial charge in [0.05, 0.1) is 0 Å². The fraction of sp³-hybridized carbons (Fsp3) is 0.538. The molecule has 1 aromatic rings. The number of nitrogens with two attached hydrogens (primary N) is 1. The molecule has 0 spiro atoms. The van der Waals surface area contributed by atoms with Gasteiger partial charge in [-0.2, -0.15) is 0 Å². The zero-order chi connectivity index (χ0) is 10.7. The van der Waals surface area contributed by atoms with Crippen LogP contribution in [-0.2, 0) is 12.8 Å². The van der Waals surface area contributed by atoms with Crippen molar-refractivity contribution in [3.63, 3.8) is 0 Å². The molecule has 1 aliphatic rings. The Morgan fingerprint density at radius 1 is 1.40 bits per heavy atom. The van der Waals surface area contributed by atoms with Gasteiger partial charge in [-0.05, 0) is 36.9 Å². The average Bonchev–Trinajstić information content (AvgIpc) is 2.64. The smallest absolute Gasteiger partial charge is 0.0432 e. The van der Waals surface area contributed by atoms with Crippen LogP contribution in [-0.4, -0.2) is 19.6 Å². The first-order valence-corrected chi connectivity index (χ1v) is 5.92. The fourth-order valence-electron chi connectivity index (χ4n) is 2.47. The maximum atomic E-state index is 5.66. The minimum Gasteiger partial charge on any atom is -0.371 e. The molecule has 1 heterocycles. The van der Waals surface area contributed by atoms with E-state index in [-0.39, 0.29) is 0 Å². The third kappa shape index (κ3) is 2.00. The maximum absolute atomic E-state index is 5.66. The Kier molecular flexibility index (Phi) is 3.27. The molecule has 2 heteroatoms. The molecule has 15 heavy (non-hydrogen) atoms. The molecule has 2 N–H and O–H groups in total. The van der Waals surface area contributed by atoms with Crippen LogP contribution in [0.3, 0.4) is 0 Å². The van der Waals surface area contributed by atoms with Gasteiger partial charge in [0.25, 0.3) is 0 Å². The van der Waals surface area contributed by atoms with Crippen LogP contribution in [0.25, 0.3) is 0 Å². The van der Waals surface area contributed by atoms with Crippen LogP contribution >= 0.6 is 0 Å². The van der Waals surface area contributed by atoms with Gasteiger partial charge >= 0.3 is 0 Å². The van der Waals surface area contributed by atoms with Gasteiger partial charge in [0.2, 0.25) is 0 Å². The van der Waals surface area contributed by atoms with Gasteiger partial charge in [0, 0.05) is 18.8 Å². The summed E-state index contributed by atoms with van der Waals surface area (Å²) >= 11 is 0. The van der Waals surface area contributed by atoms with E-state index in [1.54, 1.807) is 0 Å². The van der Waals surface area contributed by atoms with Crippen molar-refractivity contribution in [2.75, 3.05) is 24.5 Å². The minimum absolute atomic E-state index is 0.746. The quantitative estimate of drug-likeness (QED) is 0.812. The van der Waals surface area contributed by atoms with Gasteiger partial charge in [0.1, 0.15) is 0 Å². The lowest BCUT2D eigenvalue weighted by Gasteiger charge is -2.21. The number of benzene rings is 1. The van der Waals surface area contributed by atoms with Crippen molar-refractivity contribution >= 4 is 5.69 Å². The second-order valence-corrected chi connectivity index (χ2v) is 4.20. The van der Waals surface area contributed by atoms with Crippen molar-refractivity contribution in [1.29, 1.82) is 0 Å². The Hall–Kier alpha value is -1.02. The molecule has 2 nitrogen and oxygen atoms in total. The third-order valence-electron chi connectivity index (χ3n) is 3.08. The first-order chi connectivity index (χ1) is 7.36. The molecule has 0 saturated carbocycles.